The smallest absolute Gasteiger partial charge is 0.433 e. The molecule has 0 bridgehead atoms. The lowest BCUT2D eigenvalue weighted by Gasteiger charge is -2.37. The van der Waals surface area contributed by atoms with Crippen molar-refractivity contribution in [3.63, 3.8) is 0 Å². The average Bonchev–Trinajstić information content (AvgIpc) is 2.39. The normalized spacial score (nSPS) is 15.9. The van der Waals surface area contributed by atoms with E-state index in [4.69, 9.17) is 0 Å². The Balaban J connectivity index is 3.54. The molecule has 1 N–H and O–H groups in total. The fourth-order valence-electron chi connectivity index (χ4n) is 1.51. The Bertz CT molecular complexity index is 615. The van der Waals surface area contributed by atoms with Crippen molar-refractivity contribution in [2.45, 2.75) is 30.7 Å². The second kappa shape index (κ2) is 6.83. The van der Waals surface area contributed by atoms with E-state index in [9.17, 15) is 48.3 Å². The number of ether oxygens (including phenoxy) is 1. The zero-order valence-corrected chi connectivity index (χ0v) is 13.4. The molecule has 0 spiro atoms. The Morgan fingerprint density at radius 1 is 0.880 bits per heavy atom. The lowest BCUT2D eigenvalue weighted by molar-refractivity contribution is -0.375. The van der Waals surface area contributed by atoms with E-state index >= 15 is 0 Å². The topological polar surface area (TPSA) is 21.3 Å². The summed E-state index contributed by atoms with van der Waals surface area (Å²) in [5, 5.41) is 0.357. The number of halogens is 12. The Labute approximate surface area is 145 Å². The molecule has 0 saturated carbocycles. The second-order valence-electron chi connectivity index (χ2n) is 4.34. The summed E-state index contributed by atoms with van der Waals surface area (Å²) < 4.78 is 143. The van der Waals surface area contributed by atoms with Gasteiger partial charge in [0.1, 0.15) is 5.75 Å². The maximum Gasteiger partial charge on any atom is 0.459 e. The van der Waals surface area contributed by atoms with Gasteiger partial charge in [-0.15, -0.1) is 0 Å². The number of anilines is 1. The molecule has 1 unspecified atom stereocenters. The van der Waals surface area contributed by atoms with Crippen molar-refractivity contribution in [1.82, 2.24) is 0 Å². The Morgan fingerprint density at radius 3 is 1.80 bits per heavy atom. The van der Waals surface area contributed by atoms with Crippen LogP contribution in [0, 0.1) is 3.57 Å². The minimum atomic E-state index is -6.95. The highest BCUT2D eigenvalue weighted by atomic mass is 127. The predicted octanol–water partition coefficient (Wildman–Crippen LogP) is 5.73. The number of nitrogens with one attached hydrogen (secondary N) is 1. The summed E-state index contributed by atoms with van der Waals surface area (Å²) in [5.41, 5.74) is -1.45. The van der Waals surface area contributed by atoms with E-state index in [0.717, 1.165) is 34.7 Å². The summed E-state index contributed by atoms with van der Waals surface area (Å²) >= 11 is 1.10. The molecule has 0 aliphatic rings. The molecule has 1 atom stereocenters. The number of para-hydroxylation sites is 1. The zero-order valence-electron chi connectivity index (χ0n) is 11.3. The molecule has 0 aromatic heterocycles. The maximum absolute atomic E-state index is 14.0. The molecule has 0 aliphatic carbocycles. The molecule has 14 heteroatoms. The zero-order chi connectivity index (χ0) is 19.8. The van der Waals surface area contributed by atoms with E-state index in [0.29, 0.717) is 11.4 Å². The third-order valence-electron chi connectivity index (χ3n) is 2.67. The Hall–Kier alpha value is -1.22. The number of alkyl halides is 11. The van der Waals surface area contributed by atoms with Gasteiger partial charge in [-0.05, 0) is 34.7 Å². The first-order valence-corrected chi connectivity index (χ1v) is 6.84. The molecule has 1 aromatic rings. The predicted molar refractivity (Wildman–Crippen MR) is 70.3 cm³/mol. The van der Waals surface area contributed by atoms with Gasteiger partial charge < -0.3 is 10.1 Å². The molecule has 2 nitrogen and oxygen atoms in total. The minimum absolute atomic E-state index is 0.357. The van der Waals surface area contributed by atoms with E-state index in [-0.39, 0.29) is 0 Å². The van der Waals surface area contributed by atoms with Gasteiger partial charge in [0, 0.05) is 3.57 Å². The first-order valence-electron chi connectivity index (χ1n) is 5.76. The highest BCUT2D eigenvalue weighted by Gasteiger charge is 2.82. The van der Waals surface area contributed by atoms with Crippen LogP contribution in [0.4, 0.5) is 54.0 Å². The molecule has 1 rings (SSSR count). The summed E-state index contributed by atoms with van der Waals surface area (Å²) in [4.78, 5) is 0. The third kappa shape index (κ3) is 4.13. The first-order chi connectivity index (χ1) is 11.0. The minimum Gasteiger partial charge on any atom is -0.433 e. The van der Waals surface area contributed by atoms with Crippen LogP contribution in [-0.4, -0.2) is 30.7 Å². The molecule has 0 aliphatic heterocycles. The van der Waals surface area contributed by atoms with Gasteiger partial charge in [-0.3, -0.25) is 0 Å². The first kappa shape index (κ1) is 21.8. The third-order valence-corrected chi connectivity index (χ3v) is 3.57. The molecule has 0 heterocycles. The van der Waals surface area contributed by atoms with Crippen LogP contribution in [0.3, 0.4) is 0 Å². The van der Waals surface area contributed by atoms with E-state index in [1.54, 1.807) is 0 Å². The summed E-state index contributed by atoms with van der Waals surface area (Å²) in [6.45, 7) is -3.67. The molecule has 0 fully saturated rings. The largest absolute Gasteiger partial charge is 0.459 e. The van der Waals surface area contributed by atoms with Crippen molar-refractivity contribution in [3.05, 3.63) is 21.8 Å². The van der Waals surface area contributed by atoms with E-state index in [1.807, 2.05) is 0 Å². The summed E-state index contributed by atoms with van der Waals surface area (Å²) in [6, 6.07) is 2.28. The van der Waals surface area contributed by atoms with Crippen LogP contribution >= 0.6 is 22.6 Å². The monoisotopic (exact) mass is 503 g/mol. The van der Waals surface area contributed by atoms with Gasteiger partial charge in [-0.2, -0.15) is 43.9 Å². The molecular weight excluding hydrogens is 498 g/mol. The van der Waals surface area contributed by atoms with E-state index in [1.165, 1.54) is 0 Å². The standard InChI is InChI=1S/C11H5F11INO/c12-7(13)25-5-3-1-2-4(23)6(5)24-9(16,11(20,21)22)8(14,15)10(17,18)19/h1-3,7,24H. The van der Waals surface area contributed by atoms with Crippen molar-refractivity contribution in [1.29, 1.82) is 0 Å². The van der Waals surface area contributed by atoms with Gasteiger partial charge in [0.05, 0.1) is 5.69 Å². The molecule has 0 saturated heterocycles. The van der Waals surface area contributed by atoms with Gasteiger partial charge in [0.15, 0.2) is 0 Å². The molecule has 25 heavy (non-hydrogen) atoms. The van der Waals surface area contributed by atoms with Crippen molar-refractivity contribution in [2.24, 2.45) is 0 Å². The van der Waals surface area contributed by atoms with Crippen molar-refractivity contribution in [2.75, 3.05) is 5.32 Å². The van der Waals surface area contributed by atoms with E-state index < -0.39 is 45.7 Å². The highest BCUT2D eigenvalue weighted by molar-refractivity contribution is 14.1. The van der Waals surface area contributed by atoms with Gasteiger partial charge >= 0.3 is 30.7 Å². The van der Waals surface area contributed by atoms with Gasteiger partial charge in [0.25, 0.3) is 0 Å². The Morgan fingerprint density at radius 2 is 1.40 bits per heavy atom. The van der Waals surface area contributed by atoms with Crippen LogP contribution in [0.2, 0.25) is 0 Å². The van der Waals surface area contributed by atoms with Crippen LogP contribution in [0.25, 0.3) is 0 Å². The van der Waals surface area contributed by atoms with Crippen LogP contribution in [-0.2, 0) is 0 Å². The maximum atomic E-state index is 14.0. The Kier molecular flexibility index (Phi) is 5.96. The molecule has 144 valence electrons. The van der Waals surface area contributed by atoms with Gasteiger partial charge in [0.2, 0.25) is 0 Å². The fourth-order valence-corrected chi connectivity index (χ4v) is 2.12. The molecule has 0 radical (unpaired) electrons. The lowest BCUT2D eigenvalue weighted by Crippen LogP contribution is -2.66. The van der Waals surface area contributed by atoms with Crippen molar-refractivity contribution < 1.29 is 53.0 Å². The number of benzene rings is 1. The van der Waals surface area contributed by atoms with Crippen LogP contribution in [0.1, 0.15) is 0 Å². The van der Waals surface area contributed by atoms with Gasteiger partial charge in [-0.1, -0.05) is 6.07 Å². The summed E-state index contributed by atoms with van der Waals surface area (Å²) in [6.07, 6.45) is -13.7. The average molecular weight is 503 g/mol. The number of hydrogen-bond acceptors (Lipinski definition) is 2. The van der Waals surface area contributed by atoms with Gasteiger partial charge in [-0.25, -0.2) is 4.39 Å². The highest BCUT2D eigenvalue weighted by Crippen LogP contribution is 2.53. The number of rotatable bonds is 5. The quantitative estimate of drug-likeness (QED) is 0.315. The van der Waals surface area contributed by atoms with Crippen LogP contribution < -0.4 is 10.1 Å². The lowest BCUT2D eigenvalue weighted by atomic mass is 10.1. The fraction of sp³-hybridized carbons (Fsp3) is 0.455. The van der Waals surface area contributed by atoms with Crippen molar-refractivity contribution >= 4 is 28.3 Å². The number of hydrogen-bond donors (Lipinski definition) is 1. The molecular formula is C11H5F11INO. The second-order valence-corrected chi connectivity index (χ2v) is 5.51. The van der Waals surface area contributed by atoms with E-state index in [2.05, 4.69) is 4.74 Å². The summed E-state index contributed by atoms with van der Waals surface area (Å²) in [7, 11) is 0. The SMILES string of the molecule is FC(F)Oc1cccc(I)c1NC(F)(C(F)(F)F)C(F)(F)C(F)(F)F. The van der Waals surface area contributed by atoms with Crippen molar-refractivity contribution in [3.8, 4) is 5.75 Å². The van der Waals surface area contributed by atoms with Crippen LogP contribution in [0.5, 0.6) is 5.75 Å². The van der Waals surface area contributed by atoms with Crippen LogP contribution in [0.15, 0.2) is 18.2 Å². The molecule has 1 aromatic carbocycles. The molecule has 0 amide bonds. The summed E-state index contributed by atoms with van der Waals surface area (Å²) in [5.74, 6) is -14.6.